The van der Waals surface area contributed by atoms with E-state index in [1.54, 1.807) is 13.3 Å². The van der Waals surface area contributed by atoms with E-state index < -0.39 is 0 Å². The number of nitrogens with zero attached hydrogens (tertiary/aromatic N) is 3. The van der Waals surface area contributed by atoms with Gasteiger partial charge in [-0.3, -0.25) is 14.6 Å². The van der Waals surface area contributed by atoms with Crippen LogP contribution in [-0.2, 0) is 4.79 Å². The molecule has 118 valence electrons. The number of fused-ring (bicyclic) bond motifs is 1. The number of amides is 1. The molecule has 5 nitrogen and oxygen atoms in total. The van der Waals surface area contributed by atoms with Crippen LogP contribution >= 0.6 is 0 Å². The smallest absolute Gasteiger partial charge is 0.247 e. The number of ether oxygens (including phenoxy) is 1. The van der Waals surface area contributed by atoms with Gasteiger partial charge >= 0.3 is 0 Å². The highest BCUT2D eigenvalue weighted by Gasteiger charge is 2.49. The molecule has 2 unspecified atom stereocenters. The third kappa shape index (κ3) is 2.28. The second kappa shape index (κ2) is 5.66. The van der Waals surface area contributed by atoms with Crippen molar-refractivity contribution in [3.63, 3.8) is 0 Å². The van der Waals surface area contributed by atoms with Crippen molar-refractivity contribution in [3.05, 3.63) is 54.2 Å². The highest BCUT2D eigenvalue weighted by atomic mass is 16.5. The van der Waals surface area contributed by atoms with Gasteiger partial charge in [-0.05, 0) is 42.7 Å². The van der Waals surface area contributed by atoms with Gasteiger partial charge in [-0.2, -0.15) is 0 Å². The lowest BCUT2D eigenvalue weighted by atomic mass is 10.1. The molecule has 0 radical (unpaired) electrons. The number of hydrogen-bond acceptors (Lipinski definition) is 4. The zero-order chi connectivity index (χ0) is 15.8. The molecule has 2 fully saturated rings. The number of methoxy groups -OCH3 is 1. The van der Waals surface area contributed by atoms with Crippen LogP contribution in [-0.4, -0.2) is 35.5 Å². The van der Waals surface area contributed by atoms with Crippen molar-refractivity contribution < 1.29 is 9.53 Å². The average Bonchev–Trinajstić information content (AvgIpc) is 3.18. The summed E-state index contributed by atoms with van der Waals surface area (Å²) in [4.78, 5) is 21.5. The molecule has 3 heterocycles. The van der Waals surface area contributed by atoms with Crippen molar-refractivity contribution in [2.24, 2.45) is 0 Å². The van der Waals surface area contributed by atoms with Crippen LogP contribution in [0.4, 0.5) is 5.82 Å². The zero-order valence-corrected chi connectivity index (χ0v) is 13.1. The maximum atomic E-state index is 12.9. The first-order chi connectivity index (χ1) is 11.3. The Morgan fingerprint density at radius 3 is 2.91 bits per heavy atom. The molecule has 23 heavy (non-hydrogen) atoms. The van der Waals surface area contributed by atoms with Gasteiger partial charge in [-0.25, -0.2) is 4.98 Å². The van der Waals surface area contributed by atoms with Gasteiger partial charge in [0.25, 0.3) is 0 Å². The molecule has 1 aromatic carbocycles. The lowest BCUT2D eigenvalue weighted by Crippen LogP contribution is -2.32. The third-order valence-corrected chi connectivity index (χ3v) is 4.66. The van der Waals surface area contributed by atoms with E-state index in [2.05, 4.69) is 16.0 Å². The predicted molar refractivity (Wildman–Crippen MR) is 87.2 cm³/mol. The largest absolute Gasteiger partial charge is 0.497 e. The number of rotatable bonds is 3. The Morgan fingerprint density at radius 2 is 2.13 bits per heavy atom. The van der Waals surface area contributed by atoms with Crippen molar-refractivity contribution in [3.8, 4) is 5.75 Å². The summed E-state index contributed by atoms with van der Waals surface area (Å²) in [6, 6.07) is 13.6. The molecule has 2 saturated heterocycles. The second-order valence-corrected chi connectivity index (χ2v) is 5.94. The summed E-state index contributed by atoms with van der Waals surface area (Å²) in [6.07, 6.45) is 3.60. The summed E-state index contributed by atoms with van der Waals surface area (Å²) in [5.41, 5.74) is 1.06. The summed E-state index contributed by atoms with van der Waals surface area (Å²) in [7, 11) is 1.66. The standard InChI is InChI=1S/C18H19N3O2/c1-23-14-7-4-6-13(12-14)17-20-11-5-8-15(20)18(22)21(17)16-9-2-3-10-19-16/h2-4,6-7,9-10,12,15,17H,5,8,11H2,1H3. The first-order valence-electron chi connectivity index (χ1n) is 7.93. The van der Waals surface area contributed by atoms with Crippen molar-refractivity contribution in [1.82, 2.24) is 9.88 Å². The number of carbonyl (C=O) groups is 1. The molecule has 4 rings (SSSR count). The topological polar surface area (TPSA) is 45.7 Å². The normalized spacial score (nSPS) is 24.0. The van der Waals surface area contributed by atoms with Gasteiger partial charge in [-0.1, -0.05) is 18.2 Å². The van der Waals surface area contributed by atoms with Gasteiger partial charge in [0, 0.05) is 12.7 Å². The molecule has 0 spiro atoms. The van der Waals surface area contributed by atoms with Gasteiger partial charge in [0.15, 0.2) is 0 Å². The van der Waals surface area contributed by atoms with Crippen LogP contribution in [0, 0.1) is 0 Å². The Bertz CT molecular complexity index is 719. The first-order valence-corrected chi connectivity index (χ1v) is 7.93. The molecule has 1 amide bonds. The SMILES string of the molecule is COc1cccc(C2N(c3ccccn3)C(=O)C3CCCN32)c1. The number of pyridine rings is 1. The van der Waals surface area contributed by atoms with Crippen molar-refractivity contribution >= 4 is 11.7 Å². The van der Waals surface area contributed by atoms with E-state index in [1.807, 2.05) is 41.3 Å². The van der Waals surface area contributed by atoms with E-state index in [0.717, 1.165) is 30.7 Å². The molecule has 0 saturated carbocycles. The number of anilines is 1. The van der Waals surface area contributed by atoms with Crippen molar-refractivity contribution in [2.45, 2.75) is 25.0 Å². The van der Waals surface area contributed by atoms with Gasteiger partial charge in [0.1, 0.15) is 17.7 Å². The maximum absolute atomic E-state index is 12.9. The summed E-state index contributed by atoms with van der Waals surface area (Å²) >= 11 is 0. The van der Waals surface area contributed by atoms with Gasteiger partial charge < -0.3 is 4.74 Å². The minimum Gasteiger partial charge on any atom is -0.497 e. The maximum Gasteiger partial charge on any atom is 0.247 e. The Labute approximate surface area is 135 Å². The fraction of sp³-hybridized carbons (Fsp3) is 0.333. The summed E-state index contributed by atoms with van der Waals surface area (Å²) < 4.78 is 5.36. The number of hydrogen-bond donors (Lipinski definition) is 0. The molecule has 2 atom stereocenters. The zero-order valence-electron chi connectivity index (χ0n) is 13.1. The molecular weight excluding hydrogens is 290 g/mol. The Morgan fingerprint density at radius 1 is 1.22 bits per heavy atom. The van der Waals surface area contributed by atoms with Crippen LogP contribution in [0.1, 0.15) is 24.6 Å². The highest BCUT2D eigenvalue weighted by molar-refractivity contribution is 5.99. The minimum atomic E-state index is -0.111. The second-order valence-electron chi connectivity index (χ2n) is 5.94. The van der Waals surface area contributed by atoms with E-state index in [1.165, 1.54) is 0 Å². The quantitative estimate of drug-likeness (QED) is 0.874. The monoisotopic (exact) mass is 309 g/mol. The van der Waals surface area contributed by atoms with Crippen LogP contribution in [0.25, 0.3) is 0 Å². The Hall–Kier alpha value is -2.40. The molecule has 2 aliphatic heterocycles. The first kappa shape index (κ1) is 14.2. The molecular formula is C18H19N3O2. The predicted octanol–water partition coefficient (Wildman–Crippen LogP) is 2.60. The molecule has 5 heteroatoms. The van der Waals surface area contributed by atoms with Crippen molar-refractivity contribution in [2.75, 3.05) is 18.6 Å². The van der Waals surface area contributed by atoms with E-state index in [4.69, 9.17) is 4.74 Å². The van der Waals surface area contributed by atoms with Crippen LogP contribution in [0.2, 0.25) is 0 Å². The molecule has 2 aliphatic rings. The lowest BCUT2D eigenvalue weighted by Gasteiger charge is -2.29. The van der Waals surface area contributed by atoms with E-state index in [0.29, 0.717) is 5.82 Å². The fourth-order valence-corrected chi connectivity index (χ4v) is 3.65. The number of benzene rings is 1. The number of aromatic nitrogens is 1. The van der Waals surface area contributed by atoms with Crippen LogP contribution in [0.15, 0.2) is 48.7 Å². The number of carbonyl (C=O) groups excluding carboxylic acids is 1. The molecule has 1 aromatic heterocycles. The van der Waals surface area contributed by atoms with E-state index in [9.17, 15) is 4.79 Å². The summed E-state index contributed by atoms with van der Waals surface area (Å²) in [5.74, 6) is 1.66. The summed E-state index contributed by atoms with van der Waals surface area (Å²) in [6.45, 7) is 0.932. The minimum absolute atomic E-state index is 0.0341. The van der Waals surface area contributed by atoms with Gasteiger partial charge in [0.05, 0.1) is 13.2 Å². The molecule has 0 N–H and O–H groups in total. The highest BCUT2D eigenvalue weighted by Crippen LogP contribution is 2.42. The Balaban J connectivity index is 1.80. The molecule has 0 aliphatic carbocycles. The molecule has 0 bridgehead atoms. The summed E-state index contributed by atoms with van der Waals surface area (Å²) in [5, 5.41) is 0. The van der Waals surface area contributed by atoms with Crippen LogP contribution in [0.5, 0.6) is 5.75 Å². The van der Waals surface area contributed by atoms with Crippen LogP contribution in [0.3, 0.4) is 0 Å². The molecule has 2 aromatic rings. The van der Waals surface area contributed by atoms with E-state index >= 15 is 0 Å². The van der Waals surface area contributed by atoms with Gasteiger partial charge in [0.2, 0.25) is 5.91 Å². The third-order valence-electron chi connectivity index (χ3n) is 4.66. The van der Waals surface area contributed by atoms with E-state index in [-0.39, 0.29) is 18.1 Å². The van der Waals surface area contributed by atoms with Gasteiger partial charge in [-0.15, -0.1) is 0 Å². The Kier molecular flexibility index (Phi) is 3.50. The average molecular weight is 309 g/mol. The lowest BCUT2D eigenvalue weighted by molar-refractivity contribution is -0.119. The van der Waals surface area contributed by atoms with Crippen molar-refractivity contribution in [1.29, 1.82) is 0 Å². The fourth-order valence-electron chi connectivity index (χ4n) is 3.65. The van der Waals surface area contributed by atoms with Crippen LogP contribution < -0.4 is 9.64 Å².